The summed E-state index contributed by atoms with van der Waals surface area (Å²) >= 11 is 0. The molecule has 2 heterocycles. The minimum Gasteiger partial charge on any atom is -0.494 e. The molecular formula is C17H24N2O2. The van der Waals surface area contributed by atoms with Gasteiger partial charge < -0.3 is 15.0 Å². The molecule has 1 aromatic rings. The van der Waals surface area contributed by atoms with Crippen LogP contribution in [0, 0.1) is 5.41 Å². The Morgan fingerprint density at radius 3 is 2.90 bits per heavy atom. The van der Waals surface area contributed by atoms with Crippen molar-refractivity contribution in [3.8, 4) is 5.75 Å². The van der Waals surface area contributed by atoms with Gasteiger partial charge in [-0.1, -0.05) is 18.2 Å². The molecule has 1 amide bonds. The Morgan fingerprint density at radius 1 is 1.24 bits per heavy atom. The smallest absolute Gasteiger partial charge is 0.227 e. The summed E-state index contributed by atoms with van der Waals surface area (Å²) in [5.74, 6) is 1.21. The van der Waals surface area contributed by atoms with Gasteiger partial charge in [-0.25, -0.2) is 0 Å². The van der Waals surface area contributed by atoms with Crippen molar-refractivity contribution in [3.05, 3.63) is 30.3 Å². The molecule has 0 bridgehead atoms. The normalized spacial score (nSPS) is 26.0. The molecule has 21 heavy (non-hydrogen) atoms. The van der Waals surface area contributed by atoms with E-state index in [1.165, 1.54) is 0 Å². The molecule has 2 aliphatic heterocycles. The van der Waals surface area contributed by atoms with E-state index in [1.807, 2.05) is 30.3 Å². The van der Waals surface area contributed by atoms with Gasteiger partial charge in [0.05, 0.1) is 12.0 Å². The summed E-state index contributed by atoms with van der Waals surface area (Å²) in [4.78, 5) is 14.5. The third-order valence-corrected chi connectivity index (χ3v) is 4.66. The van der Waals surface area contributed by atoms with Crippen LogP contribution in [0.3, 0.4) is 0 Å². The molecule has 4 nitrogen and oxygen atoms in total. The number of nitrogens with zero attached hydrogens (tertiary/aromatic N) is 1. The van der Waals surface area contributed by atoms with Crippen LogP contribution in [0.2, 0.25) is 0 Å². The maximum Gasteiger partial charge on any atom is 0.227 e. The van der Waals surface area contributed by atoms with E-state index < -0.39 is 0 Å². The topological polar surface area (TPSA) is 41.6 Å². The van der Waals surface area contributed by atoms with E-state index in [-0.39, 0.29) is 11.3 Å². The maximum atomic E-state index is 12.1. The summed E-state index contributed by atoms with van der Waals surface area (Å²) in [7, 11) is 0. The molecular weight excluding hydrogens is 264 g/mol. The zero-order valence-corrected chi connectivity index (χ0v) is 12.5. The fourth-order valence-corrected chi connectivity index (χ4v) is 3.46. The average molecular weight is 288 g/mol. The number of piperidine rings is 1. The molecule has 0 saturated carbocycles. The molecule has 4 heteroatoms. The van der Waals surface area contributed by atoms with Gasteiger partial charge in [0, 0.05) is 19.6 Å². The number of amides is 1. The molecule has 1 N–H and O–H groups in total. The van der Waals surface area contributed by atoms with Gasteiger partial charge in [-0.3, -0.25) is 4.79 Å². The molecule has 0 unspecified atom stereocenters. The van der Waals surface area contributed by atoms with Gasteiger partial charge in [0.15, 0.2) is 0 Å². The molecule has 0 radical (unpaired) electrons. The van der Waals surface area contributed by atoms with Gasteiger partial charge in [-0.05, 0) is 44.4 Å². The number of hydrogen-bond donors (Lipinski definition) is 1. The first kappa shape index (κ1) is 14.4. The van der Waals surface area contributed by atoms with Gasteiger partial charge >= 0.3 is 0 Å². The number of rotatable bonds is 5. The monoisotopic (exact) mass is 288 g/mol. The lowest BCUT2D eigenvalue weighted by Crippen LogP contribution is -2.47. The molecule has 1 atom stereocenters. The number of carbonyl (C=O) groups is 1. The summed E-state index contributed by atoms with van der Waals surface area (Å²) in [5.41, 5.74) is -0.0987. The Hall–Kier alpha value is -1.55. The molecule has 1 aromatic carbocycles. The number of carbonyl (C=O) groups excluding carboxylic acids is 1. The first-order valence-electron chi connectivity index (χ1n) is 7.97. The van der Waals surface area contributed by atoms with Crippen LogP contribution in [0.5, 0.6) is 5.75 Å². The second kappa shape index (κ2) is 6.48. The van der Waals surface area contributed by atoms with Crippen molar-refractivity contribution in [2.24, 2.45) is 5.41 Å². The lowest BCUT2D eigenvalue weighted by atomic mass is 9.79. The summed E-state index contributed by atoms with van der Waals surface area (Å²) in [6.07, 6.45) is 4.19. The molecule has 1 spiro atoms. The van der Waals surface area contributed by atoms with Crippen LogP contribution in [0.1, 0.15) is 25.7 Å². The molecule has 2 fully saturated rings. The molecule has 0 aliphatic carbocycles. The summed E-state index contributed by atoms with van der Waals surface area (Å²) in [6, 6.07) is 9.93. The van der Waals surface area contributed by atoms with Gasteiger partial charge in [0.2, 0.25) is 5.91 Å². The highest BCUT2D eigenvalue weighted by Crippen LogP contribution is 2.37. The number of nitrogens with one attached hydrogen (secondary N) is 1. The minimum absolute atomic E-state index is 0.0987. The lowest BCUT2D eigenvalue weighted by Gasteiger charge is -2.32. The zero-order valence-electron chi connectivity index (χ0n) is 12.5. The maximum absolute atomic E-state index is 12.1. The molecule has 2 aliphatic rings. The highest BCUT2D eigenvalue weighted by atomic mass is 16.5. The van der Waals surface area contributed by atoms with Crippen LogP contribution in [0.25, 0.3) is 0 Å². The van der Waals surface area contributed by atoms with Crippen molar-refractivity contribution in [3.63, 3.8) is 0 Å². The fourth-order valence-electron chi connectivity index (χ4n) is 3.46. The van der Waals surface area contributed by atoms with Crippen molar-refractivity contribution in [1.82, 2.24) is 10.2 Å². The number of ether oxygens (including phenoxy) is 1. The van der Waals surface area contributed by atoms with E-state index in [0.29, 0.717) is 0 Å². The number of likely N-dealkylation sites (tertiary alicyclic amines) is 1. The Labute approximate surface area is 126 Å². The van der Waals surface area contributed by atoms with Gasteiger partial charge in [-0.15, -0.1) is 0 Å². The molecule has 2 saturated heterocycles. The second-order valence-electron chi connectivity index (χ2n) is 6.18. The van der Waals surface area contributed by atoms with Crippen molar-refractivity contribution in [1.29, 1.82) is 0 Å². The first-order chi connectivity index (χ1) is 10.3. The average Bonchev–Trinajstić information content (AvgIpc) is 2.92. The van der Waals surface area contributed by atoms with E-state index in [0.717, 1.165) is 64.2 Å². The highest BCUT2D eigenvalue weighted by Gasteiger charge is 2.45. The number of hydrogen-bond acceptors (Lipinski definition) is 3. The zero-order chi connectivity index (χ0) is 14.5. The number of para-hydroxylation sites is 1. The van der Waals surface area contributed by atoms with E-state index in [1.54, 1.807) is 0 Å². The third kappa shape index (κ3) is 3.38. The van der Waals surface area contributed by atoms with Crippen molar-refractivity contribution in [2.45, 2.75) is 25.7 Å². The quantitative estimate of drug-likeness (QED) is 0.843. The molecule has 114 valence electrons. The molecule has 3 rings (SSSR count). The Balaban J connectivity index is 1.40. The Kier molecular flexibility index (Phi) is 4.44. The van der Waals surface area contributed by atoms with E-state index in [4.69, 9.17) is 4.74 Å². The van der Waals surface area contributed by atoms with Crippen LogP contribution in [-0.4, -0.2) is 43.6 Å². The Morgan fingerprint density at radius 2 is 2.10 bits per heavy atom. The largest absolute Gasteiger partial charge is 0.494 e. The minimum atomic E-state index is -0.0987. The summed E-state index contributed by atoms with van der Waals surface area (Å²) in [6.45, 7) is 4.57. The van der Waals surface area contributed by atoms with E-state index in [2.05, 4.69) is 10.2 Å². The van der Waals surface area contributed by atoms with Gasteiger partial charge in [-0.2, -0.15) is 0 Å². The SMILES string of the molecule is O=C1NCCC[C@@]12CCN(CCCOc1ccccc1)C2. The lowest BCUT2D eigenvalue weighted by molar-refractivity contribution is -0.132. The van der Waals surface area contributed by atoms with Crippen molar-refractivity contribution >= 4 is 5.91 Å². The Bertz CT molecular complexity index is 477. The summed E-state index contributed by atoms with van der Waals surface area (Å²) in [5, 5.41) is 3.03. The standard InChI is InChI=1S/C17H24N2O2/c20-16-17(8-4-10-18-16)9-12-19(14-17)11-5-13-21-15-6-2-1-3-7-15/h1-3,6-7H,4-5,8-14H2,(H,18,20)/t17-/m0/s1. The van der Waals surface area contributed by atoms with Crippen molar-refractivity contribution < 1.29 is 9.53 Å². The van der Waals surface area contributed by atoms with Crippen LogP contribution >= 0.6 is 0 Å². The van der Waals surface area contributed by atoms with Crippen LogP contribution < -0.4 is 10.1 Å². The number of benzene rings is 1. The predicted molar refractivity (Wildman–Crippen MR) is 82.3 cm³/mol. The molecule has 0 aromatic heterocycles. The van der Waals surface area contributed by atoms with Gasteiger partial charge in [0.25, 0.3) is 0 Å². The fraction of sp³-hybridized carbons (Fsp3) is 0.588. The van der Waals surface area contributed by atoms with Crippen LogP contribution in [0.15, 0.2) is 30.3 Å². The van der Waals surface area contributed by atoms with Gasteiger partial charge in [0.1, 0.15) is 5.75 Å². The third-order valence-electron chi connectivity index (χ3n) is 4.66. The van der Waals surface area contributed by atoms with E-state index in [9.17, 15) is 4.79 Å². The first-order valence-corrected chi connectivity index (χ1v) is 7.97. The second-order valence-corrected chi connectivity index (χ2v) is 6.18. The highest BCUT2D eigenvalue weighted by molar-refractivity contribution is 5.83. The van der Waals surface area contributed by atoms with Crippen LogP contribution in [0.4, 0.5) is 0 Å². The predicted octanol–water partition coefficient (Wildman–Crippen LogP) is 2.06. The van der Waals surface area contributed by atoms with Crippen LogP contribution in [-0.2, 0) is 4.79 Å². The van der Waals surface area contributed by atoms with Crippen molar-refractivity contribution in [2.75, 3.05) is 32.8 Å². The summed E-state index contributed by atoms with van der Waals surface area (Å²) < 4.78 is 5.72. The van der Waals surface area contributed by atoms with E-state index >= 15 is 0 Å².